The molecule has 1 aliphatic rings. The lowest BCUT2D eigenvalue weighted by Gasteiger charge is -2.29. The van der Waals surface area contributed by atoms with Gasteiger partial charge in [0.05, 0.1) is 12.2 Å². The molecule has 1 atom stereocenters. The van der Waals surface area contributed by atoms with Crippen LogP contribution in [0.4, 0.5) is 18.9 Å². The first kappa shape index (κ1) is 19.2. The number of carbonyl (C=O) groups excluding carboxylic acids is 1. The molecule has 0 aliphatic heterocycles. The maximum absolute atomic E-state index is 13.4. The molecule has 0 bridgehead atoms. The van der Waals surface area contributed by atoms with Crippen molar-refractivity contribution in [2.75, 3.05) is 5.32 Å². The summed E-state index contributed by atoms with van der Waals surface area (Å²) in [6, 6.07) is 2.18. The van der Waals surface area contributed by atoms with Gasteiger partial charge in [-0.25, -0.2) is 0 Å². The van der Waals surface area contributed by atoms with Crippen molar-refractivity contribution >= 4 is 11.6 Å². The van der Waals surface area contributed by atoms with E-state index in [0.717, 1.165) is 38.2 Å². The molecule has 0 saturated heterocycles. The summed E-state index contributed by atoms with van der Waals surface area (Å²) in [5, 5.41) is 6.28. The highest BCUT2D eigenvalue weighted by molar-refractivity contribution is 6.04. The van der Waals surface area contributed by atoms with Gasteiger partial charge in [-0.05, 0) is 31.7 Å². The predicted octanol–water partition coefficient (Wildman–Crippen LogP) is 3.98. The molecule has 1 saturated carbocycles. The molecule has 0 aromatic carbocycles. The largest absolute Gasteiger partial charge is 0.420 e. The van der Waals surface area contributed by atoms with Crippen LogP contribution >= 0.6 is 0 Å². The summed E-state index contributed by atoms with van der Waals surface area (Å²) >= 11 is 0. The van der Waals surface area contributed by atoms with Gasteiger partial charge in [0.15, 0.2) is 0 Å². The number of aromatic amines is 1. The first-order valence-corrected chi connectivity index (χ1v) is 8.92. The molecule has 0 radical (unpaired) electrons. The molecule has 146 valence electrons. The molecule has 1 amide bonds. The SMILES string of the molecule is CC(C1CCCCC1)n1ncc(C(F)(F)F)c1C(=O)Nc1cc[nH]c(=O)c1. The first-order valence-electron chi connectivity index (χ1n) is 8.92. The van der Waals surface area contributed by atoms with E-state index in [9.17, 15) is 22.8 Å². The molecule has 1 fully saturated rings. The standard InChI is InChI=1S/C18H21F3N4O2/c1-11(12-5-3-2-4-6-12)25-16(14(10-23-25)18(19,20)21)17(27)24-13-7-8-22-15(26)9-13/h7-12H,2-6H2,1H3,(H2,22,24,26,27). The summed E-state index contributed by atoms with van der Waals surface area (Å²) < 4.78 is 41.5. The number of H-pyrrole nitrogens is 1. The van der Waals surface area contributed by atoms with Gasteiger partial charge in [0.25, 0.3) is 5.91 Å². The van der Waals surface area contributed by atoms with E-state index in [1.165, 1.54) is 16.9 Å². The van der Waals surface area contributed by atoms with E-state index in [1.54, 1.807) is 6.92 Å². The number of aromatic nitrogens is 3. The van der Waals surface area contributed by atoms with Gasteiger partial charge in [-0.15, -0.1) is 0 Å². The Morgan fingerprint density at radius 2 is 2.04 bits per heavy atom. The number of carbonyl (C=O) groups is 1. The molecule has 2 heterocycles. The van der Waals surface area contributed by atoms with Crippen LogP contribution in [-0.4, -0.2) is 20.7 Å². The van der Waals surface area contributed by atoms with Crippen molar-refractivity contribution < 1.29 is 18.0 Å². The number of nitrogens with zero attached hydrogens (tertiary/aromatic N) is 2. The molecule has 6 nitrogen and oxygen atoms in total. The molecule has 9 heteroatoms. The van der Waals surface area contributed by atoms with E-state index in [-0.39, 0.29) is 17.6 Å². The van der Waals surface area contributed by atoms with E-state index in [4.69, 9.17) is 0 Å². The van der Waals surface area contributed by atoms with E-state index in [1.807, 2.05) is 0 Å². The summed E-state index contributed by atoms with van der Waals surface area (Å²) in [5.74, 6) is -0.765. The van der Waals surface area contributed by atoms with Gasteiger partial charge in [0.2, 0.25) is 5.56 Å². The van der Waals surface area contributed by atoms with Crippen molar-refractivity contribution in [3.63, 3.8) is 0 Å². The minimum atomic E-state index is -4.70. The van der Waals surface area contributed by atoms with Crippen LogP contribution in [0.3, 0.4) is 0 Å². The van der Waals surface area contributed by atoms with Crippen molar-refractivity contribution in [1.29, 1.82) is 0 Å². The highest BCUT2D eigenvalue weighted by Gasteiger charge is 2.40. The van der Waals surface area contributed by atoms with Gasteiger partial charge < -0.3 is 10.3 Å². The number of pyridine rings is 1. The average molecular weight is 382 g/mol. The lowest BCUT2D eigenvalue weighted by Crippen LogP contribution is -2.27. The number of alkyl halides is 3. The predicted molar refractivity (Wildman–Crippen MR) is 93.5 cm³/mol. The number of rotatable bonds is 4. The van der Waals surface area contributed by atoms with E-state index < -0.39 is 28.9 Å². The van der Waals surface area contributed by atoms with Gasteiger partial charge >= 0.3 is 6.18 Å². The number of hydrogen-bond acceptors (Lipinski definition) is 3. The topological polar surface area (TPSA) is 79.8 Å². The summed E-state index contributed by atoms with van der Waals surface area (Å²) in [5.41, 5.74) is -1.95. The highest BCUT2D eigenvalue weighted by atomic mass is 19.4. The van der Waals surface area contributed by atoms with Crippen LogP contribution in [0.1, 0.15) is 61.1 Å². The average Bonchev–Trinajstić information content (AvgIpc) is 3.07. The Kier molecular flexibility index (Phi) is 5.38. The van der Waals surface area contributed by atoms with E-state index in [2.05, 4.69) is 15.4 Å². The third-order valence-electron chi connectivity index (χ3n) is 5.07. The first-order chi connectivity index (χ1) is 12.8. The fourth-order valence-corrected chi connectivity index (χ4v) is 3.63. The number of anilines is 1. The third kappa shape index (κ3) is 4.23. The molecule has 1 unspecified atom stereocenters. The Bertz CT molecular complexity index is 866. The van der Waals surface area contributed by atoms with Crippen LogP contribution in [0.5, 0.6) is 0 Å². The van der Waals surface area contributed by atoms with Crippen LogP contribution in [0.25, 0.3) is 0 Å². The van der Waals surface area contributed by atoms with Crippen LogP contribution in [0.15, 0.2) is 29.3 Å². The molecule has 27 heavy (non-hydrogen) atoms. The zero-order chi connectivity index (χ0) is 19.6. The van der Waals surface area contributed by atoms with Gasteiger partial charge in [0.1, 0.15) is 11.3 Å². The second kappa shape index (κ2) is 7.58. The van der Waals surface area contributed by atoms with Crippen molar-refractivity contribution in [3.8, 4) is 0 Å². The Balaban J connectivity index is 1.96. The minimum Gasteiger partial charge on any atom is -0.329 e. The minimum absolute atomic E-state index is 0.120. The van der Waals surface area contributed by atoms with Gasteiger partial charge in [0, 0.05) is 18.0 Å². The van der Waals surface area contributed by atoms with Crippen molar-refractivity contribution in [1.82, 2.24) is 14.8 Å². The van der Waals surface area contributed by atoms with Crippen LogP contribution in [-0.2, 0) is 6.18 Å². The normalized spacial score (nSPS) is 16.9. The Morgan fingerprint density at radius 3 is 2.67 bits per heavy atom. The number of halogens is 3. The molecule has 1 aliphatic carbocycles. The summed E-state index contributed by atoms with van der Waals surface area (Å²) in [7, 11) is 0. The molecule has 3 rings (SSSR count). The smallest absolute Gasteiger partial charge is 0.329 e. The molecule has 2 aromatic rings. The molecule has 0 spiro atoms. The maximum atomic E-state index is 13.4. The van der Waals surface area contributed by atoms with Gasteiger partial charge in [-0.1, -0.05) is 19.3 Å². The quantitative estimate of drug-likeness (QED) is 0.839. The van der Waals surface area contributed by atoms with Crippen LogP contribution in [0, 0.1) is 5.92 Å². The van der Waals surface area contributed by atoms with E-state index >= 15 is 0 Å². The Morgan fingerprint density at radius 1 is 1.33 bits per heavy atom. The number of amides is 1. The van der Waals surface area contributed by atoms with E-state index in [0.29, 0.717) is 6.20 Å². The fourth-order valence-electron chi connectivity index (χ4n) is 3.63. The zero-order valence-corrected chi connectivity index (χ0v) is 14.8. The van der Waals surface area contributed by atoms with Crippen LogP contribution in [0.2, 0.25) is 0 Å². The second-order valence-corrected chi connectivity index (χ2v) is 6.88. The maximum Gasteiger partial charge on any atom is 0.420 e. The van der Waals surface area contributed by atoms with Gasteiger partial charge in [-0.3, -0.25) is 14.3 Å². The fraction of sp³-hybridized carbons (Fsp3) is 0.500. The second-order valence-electron chi connectivity index (χ2n) is 6.88. The third-order valence-corrected chi connectivity index (χ3v) is 5.07. The summed E-state index contributed by atoms with van der Waals surface area (Å²) in [6.45, 7) is 1.80. The van der Waals surface area contributed by atoms with Crippen LogP contribution < -0.4 is 10.9 Å². The summed E-state index contributed by atoms with van der Waals surface area (Å²) in [4.78, 5) is 26.4. The number of hydrogen-bond donors (Lipinski definition) is 2. The molecule has 2 N–H and O–H groups in total. The number of nitrogens with one attached hydrogen (secondary N) is 2. The summed E-state index contributed by atoms with van der Waals surface area (Å²) in [6.07, 6.45) is 2.27. The van der Waals surface area contributed by atoms with Gasteiger partial charge in [-0.2, -0.15) is 18.3 Å². The lowest BCUT2D eigenvalue weighted by molar-refractivity contribution is -0.138. The molecular formula is C18H21F3N4O2. The van der Waals surface area contributed by atoms with Crippen molar-refractivity contribution in [2.45, 2.75) is 51.2 Å². The molecular weight excluding hydrogens is 361 g/mol. The molecule has 2 aromatic heterocycles. The van der Waals surface area contributed by atoms with Crippen molar-refractivity contribution in [2.24, 2.45) is 5.92 Å². The highest BCUT2D eigenvalue weighted by Crippen LogP contribution is 2.37. The zero-order valence-electron chi connectivity index (χ0n) is 14.8. The Labute approximate surface area is 153 Å². The lowest BCUT2D eigenvalue weighted by atomic mass is 9.84. The Hall–Kier alpha value is -2.58. The van der Waals surface area contributed by atoms with Crippen molar-refractivity contribution in [3.05, 3.63) is 46.1 Å². The monoisotopic (exact) mass is 382 g/mol.